The molecule has 0 radical (unpaired) electrons. The molecule has 2 unspecified atom stereocenters. The summed E-state index contributed by atoms with van der Waals surface area (Å²) in [7, 11) is 1.91. The van der Waals surface area contributed by atoms with Crippen molar-refractivity contribution >= 4 is 5.78 Å². The standard InChI is InChI=1S/C14H23N3O/c1-3-10-8-11(17(2)16-10)9-14(18)12-6-4-5-7-13(12)15/h8,12-13H,3-7,9,15H2,1-2H3. The van der Waals surface area contributed by atoms with E-state index >= 15 is 0 Å². The van der Waals surface area contributed by atoms with Crippen LogP contribution in [0.1, 0.15) is 44.0 Å². The van der Waals surface area contributed by atoms with Gasteiger partial charge >= 0.3 is 0 Å². The fourth-order valence-electron chi connectivity index (χ4n) is 2.78. The third-order valence-corrected chi connectivity index (χ3v) is 3.98. The summed E-state index contributed by atoms with van der Waals surface area (Å²) in [5, 5.41) is 4.38. The van der Waals surface area contributed by atoms with Crippen LogP contribution < -0.4 is 5.73 Å². The summed E-state index contributed by atoms with van der Waals surface area (Å²) in [5.74, 6) is 0.339. The zero-order chi connectivity index (χ0) is 13.1. The average molecular weight is 249 g/mol. The maximum atomic E-state index is 12.3. The summed E-state index contributed by atoms with van der Waals surface area (Å²) < 4.78 is 1.82. The molecule has 0 aliphatic heterocycles. The number of hydrogen-bond acceptors (Lipinski definition) is 3. The molecule has 1 aliphatic rings. The molecule has 2 rings (SSSR count). The van der Waals surface area contributed by atoms with Gasteiger partial charge in [0.05, 0.1) is 5.69 Å². The summed E-state index contributed by atoms with van der Waals surface area (Å²) in [4.78, 5) is 12.3. The van der Waals surface area contributed by atoms with E-state index in [2.05, 4.69) is 12.0 Å². The van der Waals surface area contributed by atoms with Crippen molar-refractivity contribution in [1.29, 1.82) is 0 Å². The predicted molar refractivity (Wildman–Crippen MR) is 71.2 cm³/mol. The van der Waals surface area contributed by atoms with Crippen molar-refractivity contribution in [3.8, 4) is 0 Å². The van der Waals surface area contributed by atoms with E-state index in [1.165, 1.54) is 0 Å². The Morgan fingerprint density at radius 2 is 2.22 bits per heavy atom. The van der Waals surface area contributed by atoms with Crippen LogP contribution in [-0.4, -0.2) is 21.6 Å². The zero-order valence-electron chi connectivity index (χ0n) is 11.4. The van der Waals surface area contributed by atoms with E-state index in [1.807, 2.05) is 17.8 Å². The normalized spacial score (nSPS) is 24.2. The third-order valence-electron chi connectivity index (χ3n) is 3.98. The van der Waals surface area contributed by atoms with E-state index in [0.717, 1.165) is 43.5 Å². The first-order valence-corrected chi connectivity index (χ1v) is 6.92. The highest BCUT2D eigenvalue weighted by atomic mass is 16.1. The molecule has 2 atom stereocenters. The van der Waals surface area contributed by atoms with Crippen LogP contribution in [0.2, 0.25) is 0 Å². The van der Waals surface area contributed by atoms with Crippen LogP contribution in [0.3, 0.4) is 0 Å². The Hall–Kier alpha value is -1.16. The van der Waals surface area contributed by atoms with Crippen LogP contribution in [0.5, 0.6) is 0 Å². The molecule has 1 aromatic heterocycles. The lowest BCUT2D eigenvalue weighted by Crippen LogP contribution is -2.38. The smallest absolute Gasteiger partial charge is 0.143 e. The topological polar surface area (TPSA) is 60.9 Å². The van der Waals surface area contributed by atoms with Gasteiger partial charge in [-0.3, -0.25) is 9.48 Å². The minimum Gasteiger partial charge on any atom is -0.327 e. The first kappa shape index (κ1) is 13.3. The molecule has 1 fully saturated rings. The van der Waals surface area contributed by atoms with E-state index in [-0.39, 0.29) is 17.7 Å². The quantitative estimate of drug-likeness (QED) is 0.882. The van der Waals surface area contributed by atoms with Crippen LogP contribution in [0, 0.1) is 5.92 Å². The van der Waals surface area contributed by atoms with Crippen molar-refractivity contribution in [2.75, 3.05) is 0 Å². The van der Waals surface area contributed by atoms with Crippen molar-refractivity contribution < 1.29 is 4.79 Å². The minimum absolute atomic E-state index is 0.0544. The molecule has 1 saturated carbocycles. The molecule has 0 amide bonds. The number of ketones is 1. The second-order valence-electron chi connectivity index (χ2n) is 5.30. The molecule has 0 spiro atoms. The largest absolute Gasteiger partial charge is 0.327 e. The maximum Gasteiger partial charge on any atom is 0.143 e. The highest BCUT2D eigenvalue weighted by molar-refractivity contribution is 5.83. The second kappa shape index (κ2) is 5.65. The molecule has 0 bridgehead atoms. The van der Waals surface area contributed by atoms with E-state index in [4.69, 9.17) is 5.73 Å². The number of hydrogen-bond donors (Lipinski definition) is 1. The molecule has 18 heavy (non-hydrogen) atoms. The summed E-state index contributed by atoms with van der Waals surface area (Å²) >= 11 is 0. The summed E-state index contributed by atoms with van der Waals surface area (Å²) in [5.41, 5.74) is 8.12. The molecule has 100 valence electrons. The molecule has 1 aliphatic carbocycles. The van der Waals surface area contributed by atoms with Gasteiger partial charge in [-0.15, -0.1) is 0 Å². The fraction of sp³-hybridized carbons (Fsp3) is 0.714. The molecule has 0 aromatic carbocycles. The lowest BCUT2D eigenvalue weighted by Gasteiger charge is -2.27. The van der Waals surface area contributed by atoms with Gasteiger partial charge in [0, 0.05) is 31.1 Å². The highest BCUT2D eigenvalue weighted by Crippen LogP contribution is 2.25. The van der Waals surface area contributed by atoms with Gasteiger partial charge in [0.25, 0.3) is 0 Å². The van der Waals surface area contributed by atoms with Gasteiger partial charge in [-0.1, -0.05) is 19.8 Å². The SMILES string of the molecule is CCc1cc(CC(=O)C2CCCCC2N)n(C)n1. The molecule has 1 aromatic rings. The number of aryl methyl sites for hydroxylation is 2. The highest BCUT2D eigenvalue weighted by Gasteiger charge is 2.28. The number of carbonyl (C=O) groups excluding carboxylic acids is 1. The molecule has 0 saturated heterocycles. The summed E-state index contributed by atoms with van der Waals surface area (Å²) in [6, 6.07) is 2.09. The Labute approximate surface area is 109 Å². The fourth-order valence-corrected chi connectivity index (χ4v) is 2.78. The molecule has 1 heterocycles. The van der Waals surface area contributed by atoms with Crippen molar-refractivity contribution in [2.45, 2.75) is 51.5 Å². The average Bonchev–Trinajstić information content (AvgIpc) is 2.70. The van der Waals surface area contributed by atoms with Crippen LogP contribution in [0.15, 0.2) is 6.07 Å². The number of aromatic nitrogens is 2. The van der Waals surface area contributed by atoms with Crippen LogP contribution >= 0.6 is 0 Å². The van der Waals surface area contributed by atoms with Crippen molar-refractivity contribution in [2.24, 2.45) is 18.7 Å². The number of Topliss-reactive ketones (excluding diaryl/α,β-unsaturated/α-hetero) is 1. The van der Waals surface area contributed by atoms with Gasteiger partial charge in [0.15, 0.2) is 0 Å². The van der Waals surface area contributed by atoms with Crippen LogP contribution in [-0.2, 0) is 24.7 Å². The molecule has 4 nitrogen and oxygen atoms in total. The Morgan fingerprint density at radius 1 is 1.50 bits per heavy atom. The van der Waals surface area contributed by atoms with Crippen molar-refractivity contribution in [3.05, 3.63) is 17.5 Å². The van der Waals surface area contributed by atoms with E-state index < -0.39 is 0 Å². The first-order chi connectivity index (χ1) is 8.61. The van der Waals surface area contributed by atoms with E-state index in [0.29, 0.717) is 6.42 Å². The number of carbonyl (C=O) groups is 1. The Morgan fingerprint density at radius 3 is 2.83 bits per heavy atom. The number of rotatable bonds is 4. The van der Waals surface area contributed by atoms with Crippen LogP contribution in [0.25, 0.3) is 0 Å². The van der Waals surface area contributed by atoms with Gasteiger partial charge in [0.1, 0.15) is 5.78 Å². The molecule has 2 N–H and O–H groups in total. The maximum absolute atomic E-state index is 12.3. The number of nitrogens with zero attached hydrogens (tertiary/aromatic N) is 2. The Balaban J connectivity index is 2.03. The Kier molecular flexibility index (Phi) is 4.17. The summed E-state index contributed by atoms with van der Waals surface area (Å²) in [6.45, 7) is 2.07. The molecular weight excluding hydrogens is 226 g/mol. The lowest BCUT2D eigenvalue weighted by atomic mass is 9.81. The van der Waals surface area contributed by atoms with E-state index in [9.17, 15) is 4.79 Å². The Bertz CT molecular complexity index is 425. The van der Waals surface area contributed by atoms with Crippen LogP contribution in [0.4, 0.5) is 0 Å². The monoisotopic (exact) mass is 249 g/mol. The van der Waals surface area contributed by atoms with Crippen molar-refractivity contribution in [1.82, 2.24) is 9.78 Å². The lowest BCUT2D eigenvalue weighted by molar-refractivity contribution is -0.123. The first-order valence-electron chi connectivity index (χ1n) is 6.92. The van der Waals surface area contributed by atoms with Gasteiger partial charge in [-0.25, -0.2) is 0 Å². The molecular formula is C14H23N3O. The van der Waals surface area contributed by atoms with Gasteiger partial charge in [-0.2, -0.15) is 5.10 Å². The van der Waals surface area contributed by atoms with E-state index in [1.54, 1.807) is 0 Å². The second-order valence-corrected chi connectivity index (χ2v) is 5.30. The minimum atomic E-state index is 0.0544. The molecule has 4 heteroatoms. The summed E-state index contributed by atoms with van der Waals surface area (Å²) in [6.07, 6.45) is 5.62. The zero-order valence-corrected chi connectivity index (χ0v) is 11.4. The number of nitrogens with two attached hydrogens (primary N) is 1. The predicted octanol–water partition coefficient (Wildman–Crippen LogP) is 1.61. The van der Waals surface area contributed by atoms with Gasteiger partial charge < -0.3 is 5.73 Å². The van der Waals surface area contributed by atoms with Gasteiger partial charge in [0.2, 0.25) is 0 Å². The van der Waals surface area contributed by atoms with Crippen molar-refractivity contribution in [3.63, 3.8) is 0 Å². The third kappa shape index (κ3) is 2.80. The van der Waals surface area contributed by atoms with Gasteiger partial charge in [-0.05, 0) is 25.3 Å².